The molecule has 0 spiro atoms. The number of aromatic nitrogens is 1. The van der Waals surface area contributed by atoms with Gasteiger partial charge < -0.3 is 9.72 Å². The number of nitrogens with one attached hydrogen (secondary N) is 1. The van der Waals surface area contributed by atoms with Crippen LogP contribution in [0.2, 0.25) is 0 Å². The molecule has 2 aromatic rings. The van der Waals surface area contributed by atoms with E-state index in [2.05, 4.69) is 48.2 Å². The second-order valence-electron chi connectivity index (χ2n) is 8.89. The van der Waals surface area contributed by atoms with Crippen molar-refractivity contribution in [2.75, 3.05) is 13.6 Å². The van der Waals surface area contributed by atoms with E-state index in [1.165, 1.54) is 55.9 Å². The first-order chi connectivity index (χ1) is 15.1. The molecule has 1 amide bonds. The lowest BCUT2D eigenvalue weighted by atomic mass is 9.95. The number of amidine groups is 1. The van der Waals surface area contributed by atoms with E-state index >= 15 is 0 Å². The van der Waals surface area contributed by atoms with Crippen LogP contribution in [0.5, 0.6) is 0 Å². The molecule has 2 atom stereocenters. The minimum Gasteiger partial charge on any atom is -0.459 e. The minimum absolute atomic E-state index is 0.0443. The lowest BCUT2D eigenvalue weighted by molar-refractivity contribution is -0.127. The zero-order valence-electron chi connectivity index (χ0n) is 19.5. The summed E-state index contributed by atoms with van der Waals surface area (Å²) in [6.07, 6.45) is 13.9. The fourth-order valence-corrected chi connectivity index (χ4v) is 4.36. The fourth-order valence-electron chi connectivity index (χ4n) is 4.36. The molecule has 31 heavy (non-hydrogen) atoms. The Bertz CT molecular complexity index is 857. The van der Waals surface area contributed by atoms with E-state index in [9.17, 15) is 4.79 Å². The van der Waals surface area contributed by atoms with Crippen molar-refractivity contribution in [1.29, 1.82) is 0 Å². The van der Waals surface area contributed by atoms with Crippen molar-refractivity contribution < 1.29 is 9.53 Å². The zero-order chi connectivity index (χ0) is 22.1. The highest BCUT2D eigenvalue weighted by atomic mass is 16.5. The van der Waals surface area contributed by atoms with Crippen LogP contribution in [0.1, 0.15) is 89.5 Å². The van der Waals surface area contributed by atoms with Crippen LogP contribution >= 0.6 is 0 Å². The van der Waals surface area contributed by atoms with E-state index in [0.29, 0.717) is 19.0 Å². The van der Waals surface area contributed by atoms with E-state index in [0.717, 1.165) is 18.4 Å². The number of aromatic amines is 1. The van der Waals surface area contributed by atoms with Gasteiger partial charge in [-0.3, -0.25) is 9.69 Å². The topological polar surface area (TPSA) is 57.7 Å². The van der Waals surface area contributed by atoms with Gasteiger partial charge in [-0.15, -0.1) is 0 Å². The first kappa shape index (κ1) is 23.4. The summed E-state index contributed by atoms with van der Waals surface area (Å²) in [4.78, 5) is 22.1. The number of H-pyrrole nitrogens is 1. The smallest absolute Gasteiger partial charge is 0.294 e. The number of rotatable bonds is 12. The third-order valence-electron chi connectivity index (χ3n) is 6.49. The van der Waals surface area contributed by atoms with Gasteiger partial charge in [0, 0.05) is 36.5 Å². The molecule has 0 unspecified atom stereocenters. The highest BCUT2D eigenvalue weighted by Crippen LogP contribution is 2.31. The molecule has 3 rings (SSSR count). The van der Waals surface area contributed by atoms with Crippen LogP contribution in [0.4, 0.5) is 0 Å². The Hall–Kier alpha value is -2.30. The number of carbonyl (C=O) groups excluding carboxylic acids is 1. The standard InChI is InChI=1S/C26H39N3O2/c1-4-5-6-7-8-9-10-11-12-17-25(30)29(3)26-28-19-24(31-26)20(2)22-18-27-23-16-14-13-15-21(22)23/h13-16,18,20,24,27H,4-12,17,19H2,1-3H3/t20-,24-/m1/s1. The average molecular weight is 426 g/mol. The Labute approximate surface area is 187 Å². The van der Waals surface area contributed by atoms with Gasteiger partial charge in [-0.2, -0.15) is 0 Å². The number of fused-ring (bicyclic) bond motifs is 1. The van der Waals surface area contributed by atoms with E-state index in [1.54, 1.807) is 11.9 Å². The summed E-state index contributed by atoms with van der Waals surface area (Å²) < 4.78 is 6.11. The van der Waals surface area contributed by atoms with Crippen molar-refractivity contribution in [2.24, 2.45) is 4.99 Å². The van der Waals surface area contributed by atoms with Crippen molar-refractivity contribution in [3.05, 3.63) is 36.0 Å². The van der Waals surface area contributed by atoms with E-state index in [4.69, 9.17) is 4.74 Å². The monoisotopic (exact) mass is 425 g/mol. The number of aliphatic imine (C=N–C) groups is 1. The van der Waals surface area contributed by atoms with Gasteiger partial charge in [-0.25, -0.2) is 4.99 Å². The predicted octanol–water partition coefficient (Wildman–Crippen LogP) is 6.41. The quantitative estimate of drug-likeness (QED) is 0.400. The second-order valence-corrected chi connectivity index (χ2v) is 8.89. The molecular formula is C26H39N3O2. The molecule has 1 N–H and O–H groups in total. The van der Waals surface area contributed by atoms with Gasteiger partial charge >= 0.3 is 0 Å². The molecule has 170 valence electrons. The Morgan fingerprint density at radius 3 is 2.55 bits per heavy atom. The fraction of sp³-hybridized carbons (Fsp3) is 0.615. The summed E-state index contributed by atoms with van der Waals surface area (Å²) in [6, 6.07) is 8.78. The highest BCUT2D eigenvalue weighted by Gasteiger charge is 2.31. The SMILES string of the molecule is CCCCCCCCCCCC(=O)N(C)C1=NC[C@H]([C@H](C)c2c[nH]c3ccccc23)O1. The van der Waals surface area contributed by atoms with Gasteiger partial charge in [-0.05, 0) is 18.1 Å². The predicted molar refractivity (Wildman–Crippen MR) is 129 cm³/mol. The number of benzene rings is 1. The third-order valence-corrected chi connectivity index (χ3v) is 6.49. The molecule has 5 nitrogen and oxygen atoms in total. The number of hydrogen-bond donors (Lipinski definition) is 1. The van der Waals surface area contributed by atoms with Gasteiger partial charge in [0.2, 0.25) is 5.91 Å². The first-order valence-corrected chi connectivity index (χ1v) is 12.2. The van der Waals surface area contributed by atoms with E-state index in [-0.39, 0.29) is 17.9 Å². The maximum atomic E-state index is 12.6. The molecular weight excluding hydrogens is 386 g/mol. The Balaban J connectivity index is 1.37. The van der Waals surface area contributed by atoms with Crippen LogP contribution in [0.3, 0.4) is 0 Å². The average Bonchev–Trinajstić information content (AvgIpc) is 3.44. The van der Waals surface area contributed by atoms with Crippen molar-refractivity contribution in [3.8, 4) is 0 Å². The van der Waals surface area contributed by atoms with Crippen molar-refractivity contribution in [3.63, 3.8) is 0 Å². The van der Waals surface area contributed by atoms with Gasteiger partial charge in [0.25, 0.3) is 6.02 Å². The zero-order valence-corrected chi connectivity index (χ0v) is 19.5. The maximum Gasteiger partial charge on any atom is 0.294 e. The molecule has 0 fully saturated rings. The number of nitrogens with zero attached hydrogens (tertiary/aromatic N) is 2. The lowest BCUT2D eigenvalue weighted by Crippen LogP contribution is -2.35. The molecule has 2 heterocycles. The molecule has 0 saturated heterocycles. The van der Waals surface area contributed by atoms with E-state index in [1.807, 2.05) is 6.07 Å². The molecule has 1 aliphatic heterocycles. The van der Waals surface area contributed by atoms with Crippen LogP contribution in [0, 0.1) is 0 Å². The molecule has 0 aliphatic carbocycles. The number of unbranched alkanes of at least 4 members (excludes halogenated alkanes) is 8. The van der Waals surface area contributed by atoms with Crippen LogP contribution in [0.15, 0.2) is 35.5 Å². The molecule has 1 aliphatic rings. The van der Waals surface area contributed by atoms with Crippen LogP contribution in [0.25, 0.3) is 10.9 Å². The summed E-state index contributed by atoms with van der Waals surface area (Å²) in [7, 11) is 1.79. The van der Waals surface area contributed by atoms with E-state index < -0.39 is 0 Å². The lowest BCUT2D eigenvalue weighted by Gasteiger charge is -2.22. The van der Waals surface area contributed by atoms with Crippen molar-refractivity contribution >= 4 is 22.8 Å². The first-order valence-electron chi connectivity index (χ1n) is 12.2. The Morgan fingerprint density at radius 2 is 1.81 bits per heavy atom. The highest BCUT2D eigenvalue weighted by molar-refractivity contribution is 5.94. The Kier molecular flexibility index (Phi) is 8.98. The molecule has 0 bridgehead atoms. The largest absolute Gasteiger partial charge is 0.459 e. The summed E-state index contributed by atoms with van der Waals surface area (Å²) in [5, 5.41) is 1.22. The second kappa shape index (κ2) is 11.9. The molecule has 5 heteroatoms. The summed E-state index contributed by atoms with van der Waals surface area (Å²) in [6.45, 7) is 5.01. The number of hydrogen-bond acceptors (Lipinski definition) is 3. The number of amides is 1. The van der Waals surface area contributed by atoms with Crippen LogP contribution in [-0.2, 0) is 9.53 Å². The van der Waals surface area contributed by atoms with Gasteiger partial charge in [0.15, 0.2) is 0 Å². The molecule has 0 saturated carbocycles. The van der Waals surface area contributed by atoms with Gasteiger partial charge in [0.1, 0.15) is 6.10 Å². The number of para-hydroxylation sites is 1. The summed E-state index contributed by atoms with van der Waals surface area (Å²) in [5.41, 5.74) is 2.37. The number of ether oxygens (including phenoxy) is 1. The van der Waals surface area contributed by atoms with Crippen LogP contribution in [-0.4, -0.2) is 41.5 Å². The van der Waals surface area contributed by atoms with Crippen molar-refractivity contribution in [2.45, 2.75) is 90.1 Å². The Morgan fingerprint density at radius 1 is 1.13 bits per heavy atom. The maximum absolute atomic E-state index is 12.6. The number of carbonyl (C=O) groups is 1. The minimum atomic E-state index is -0.0443. The molecule has 0 radical (unpaired) electrons. The summed E-state index contributed by atoms with van der Waals surface area (Å²) in [5.74, 6) is 0.292. The summed E-state index contributed by atoms with van der Waals surface area (Å²) >= 11 is 0. The van der Waals surface area contributed by atoms with Crippen LogP contribution < -0.4 is 0 Å². The normalized spacial score (nSPS) is 16.9. The molecule has 1 aromatic heterocycles. The van der Waals surface area contributed by atoms with Crippen molar-refractivity contribution in [1.82, 2.24) is 9.88 Å². The van der Waals surface area contributed by atoms with Gasteiger partial charge in [0.05, 0.1) is 6.54 Å². The third kappa shape index (κ3) is 6.34. The molecule has 1 aromatic carbocycles. The van der Waals surface area contributed by atoms with Gasteiger partial charge in [-0.1, -0.05) is 83.4 Å².